The van der Waals surface area contributed by atoms with E-state index in [1.165, 1.54) is 24.8 Å². The van der Waals surface area contributed by atoms with E-state index in [-0.39, 0.29) is 12.2 Å². The number of benzene rings is 1. The van der Waals surface area contributed by atoms with E-state index in [4.69, 9.17) is 9.84 Å². The first-order valence-corrected chi connectivity index (χ1v) is 6.22. The van der Waals surface area contributed by atoms with Gasteiger partial charge in [-0.05, 0) is 30.4 Å². The molecule has 2 N–H and O–H groups in total. The second kappa shape index (κ2) is 5.63. The lowest BCUT2D eigenvalue weighted by molar-refractivity contribution is -0.0695. The predicted octanol–water partition coefficient (Wildman–Crippen LogP) is 1.84. The fraction of sp³-hybridized carbons (Fsp3) is 0.571. The lowest BCUT2D eigenvalue weighted by Gasteiger charge is -2.40. The average molecular weight is 235 g/mol. The highest BCUT2D eigenvalue weighted by atomic mass is 16.5. The lowest BCUT2D eigenvalue weighted by Crippen LogP contribution is -2.47. The highest BCUT2D eigenvalue weighted by Crippen LogP contribution is 2.34. The van der Waals surface area contributed by atoms with Gasteiger partial charge in [-0.2, -0.15) is 0 Å². The van der Waals surface area contributed by atoms with Crippen LogP contribution in [0.1, 0.15) is 30.4 Å². The summed E-state index contributed by atoms with van der Waals surface area (Å²) in [6.45, 7) is 1.89. The molecule has 2 rings (SSSR count). The van der Waals surface area contributed by atoms with Crippen LogP contribution in [0.2, 0.25) is 0 Å². The van der Waals surface area contributed by atoms with Crippen molar-refractivity contribution in [1.29, 1.82) is 0 Å². The van der Waals surface area contributed by atoms with E-state index in [2.05, 4.69) is 17.4 Å². The van der Waals surface area contributed by atoms with Crippen molar-refractivity contribution in [2.75, 3.05) is 13.7 Å². The molecular formula is C14H21NO2. The molecule has 0 bridgehead atoms. The minimum absolute atomic E-state index is 0.0883. The SMILES string of the molecule is COC1(CNCc2ccc(CO)cc2)CCC1. The highest BCUT2D eigenvalue weighted by Gasteiger charge is 2.36. The first-order chi connectivity index (χ1) is 8.28. The molecule has 1 aliphatic rings. The van der Waals surface area contributed by atoms with E-state index in [1.807, 2.05) is 12.1 Å². The molecule has 0 unspecified atom stereocenters. The Morgan fingerprint density at radius 2 is 1.88 bits per heavy atom. The van der Waals surface area contributed by atoms with Gasteiger partial charge in [0.05, 0.1) is 12.2 Å². The number of aliphatic hydroxyl groups is 1. The first-order valence-electron chi connectivity index (χ1n) is 6.22. The van der Waals surface area contributed by atoms with Gasteiger partial charge in [0.15, 0.2) is 0 Å². The van der Waals surface area contributed by atoms with Gasteiger partial charge in [0, 0.05) is 20.2 Å². The molecule has 0 radical (unpaired) electrons. The molecule has 1 aromatic rings. The van der Waals surface area contributed by atoms with E-state index in [1.54, 1.807) is 7.11 Å². The fourth-order valence-corrected chi connectivity index (χ4v) is 2.22. The molecule has 17 heavy (non-hydrogen) atoms. The predicted molar refractivity (Wildman–Crippen MR) is 67.7 cm³/mol. The molecule has 1 saturated carbocycles. The Bertz CT molecular complexity index is 338. The van der Waals surface area contributed by atoms with Gasteiger partial charge in [-0.25, -0.2) is 0 Å². The molecule has 94 valence electrons. The van der Waals surface area contributed by atoms with Gasteiger partial charge >= 0.3 is 0 Å². The lowest BCUT2D eigenvalue weighted by atomic mass is 9.80. The molecule has 0 spiro atoms. The van der Waals surface area contributed by atoms with Crippen molar-refractivity contribution in [2.45, 2.75) is 38.0 Å². The van der Waals surface area contributed by atoms with Crippen LogP contribution in [0, 0.1) is 0 Å². The Hall–Kier alpha value is -0.900. The number of hydrogen-bond acceptors (Lipinski definition) is 3. The Balaban J connectivity index is 1.77. The summed E-state index contributed by atoms with van der Waals surface area (Å²) in [4.78, 5) is 0. The molecule has 0 aliphatic heterocycles. The Labute approximate surface area is 103 Å². The van der Waals surface area contributed by atoms with Crippen LogP contribution in [-0.2, 0) is 17.9 Å². The molecule has 0 amide bonds. The van der Waals surface area contributed by atoms with Crippen LogP contribution in [0.4, 0.5) is 0 Å². The zero-order valence-electron chi connectivity index (χ0n) is 10.4. The molecule has 1 aromatic carbocycles. The molecule has 0 atom stereocenters. The van der Waals surface area contributed by atoms with Gasteiger partial charge in [0.2, 0.25) is 0 Å². The summed E-state index contributed by atoms with van der Waals surface area (Å²) in [6.07, 6.45) is 3.61. The van der Waals surface area contributed by atoms with Crippen LogP contribution in [0.3, 0.4) is 0 Å². The Morgan fingerprint density at radius 3 is 2.35 bits per heavy atom. The first kappa shape index (κ1) is 12.6. The quantitative estimate of drug-likeness (QED) is 0.790. The van der Waals surface area contributed by atoms with Crippen molar-refractivity contribution in [3.8, 4) is 0 Å². The van der Waals surface area contributed by atoms with Crippen LogP contribution in [-0.4, -0.2) is 24.4 Å². The Kier molecular flexibility index (Phi) is 4.15. The molecule has 0 heterocycles. The topological polar surface area (TPSA) is 41.5 Å². The molecule has 0 aromatic heterocycles. The van der Waals surface area contributed by atoms with Crippen molar-refractivity contribution in [2.24, 2.45) is 0 Å². The standard InChI is InChI=1S/C14H21NO2/c1-17-14(7-2-8-14)11-15-9-12-3-5-13(10-16)6-4-12/h3-6,15-16H,2,7-11H2,1H3. The molecule has 0 saturated heterocycles. The number of nitrogens with one attached hydrogen (secondary N) is 1. The van der Waals surface area contributed by atoms with Crippen molar-refractivity contribution in [3.63, 3.8) is 0 Å². The zero-order valence-corrected chi connectivity index (χ0v) is 10.4. The number of ether oxygens (including phenoxy) is 1. The summed E-state index contributed by atoms with van der Waals surface area (Å²) >= 11 is 0. The second-order valence-corrected chi connectivity index (χ2v) is 4.82. The monoisotopic (exact) mass is 235 g/mol. The van der Waals surface area contributed by atoms with Crippen LogP contribution in [0.5, 0.6) is 0 Å². The van der Waals surface area contributed by atoms with Gasteiger partial charge in [-0.1, -0.05) is 24.3 Å². The molecular weight excluding hydrogens is 214 g/mol. The number of rotatable bonds is 6. The summed E-state index contributed by atoms with van der Waals surface area (Å²) in [5.41, 5.74) is 2.29. The second-order valence-electron chi connectivity index (χ2n) is 4.82. The van der Waals surface area contributed by atoms with Gasteiger partial charge < -0.3 is 15.2 Å². The van der Waals surface area contributed by atoms with Crippen LogP contribution >= 0.6 is 0 Å². The minimum atomic E-state index is 0.0883. The average Bonchev–Trinajstić information content (AvgIpc) is 2.33. The van der Waals surface area contributed by atoms with Crippen molar-refractivity contribution in [1.82, 2.24) is 5.32 Å². The summed E-state index contributed by atoms with van der Waals surface area (Å²) in [5.74, 6) is 0. The number of methoxy groups -OCH3 is 1. The van der Waals surface area contributed by atoms with Crippen molar-refractivity contribution < 1.29 is 9.84 Å². The van der Waals surface area contributed by atoms with Gasteiger partial charge in [0.25, 0.3) is 0 Å². The summed E-state index contributed by atoms with van der Waals surface area (Å²) in [5, 5.41) is 12.4. The van der Waals surface area contributed by atoms with Crippen molar-refractivity contribution >= 4 is 0 Å². The van der Waals surface area contributed by atoms with Gasteiger partial charge in [0.1, 0.15) is 0 Å². The fourth-order valence-electron chi connectivity index (χ4n) is 2.22. The van der Waals surface area contributed by atoms with Crippen molar-refractivity contribution in [3.05, 3.63) is 35.4 Å². The molecule has 1 fully saturated rings. The van der Waals surface area contributed by atoms with E-state index in [0.29, 0.717) is 0 Å². The maximum atomic E-state index is 8.95. The van der Waals surface area contributed by atoms with E-state index >= 15 is 0 Å². The summed E-state index contributed by atoms with van der Waals surface area (Å²) < 4.78 is 5.55. The van der Waals surface area contributed by atoms with E-state index < -0.39 is 0 Å². The maximum Gasteiger partial charge on any atom is 0.0802 e. The third-order valence-electron chi connectivity index (χ3n) is 3.68. The normalized spacial score (nSPS) is 17.8. The highest BCUT2D eigenvalue weighted by molar-refractivity contribution is 5.21. The molecule has 1 aliphatic carbocycles. The molecule has 3 heteroatoms. The number of hydrogen-bond donors (Lipinski definition) is 2. The van der Waals surface area contributed by atoms with E-state index in [0.717, 1.165) is 18.7 Å². The van der Waals surface area contributed by atoms with Crippen LogP contribution in [0.25, 0.3) is 0 Å². The molecule has 3 nitrogen and oxygen atoms in total. The van der Waals surface area contributed by atoms with Gasteiger partial charge in [-0.3, -0.25) is 0 Å². The van der Waals surface area contributed by atoms with E-state index in [9.17, 15) is 0 Å². The van der Waals surface area contributed by atoms with Gasteiger partial charge in [-0.15, -0.1) is 0 Å². The summed E-state index contributed by atoms with van der Waals surface area (Å²) in [7, 11) is 1.80. The summed E-state index contributed by atoms with van der Waals surface area (Å²) in [6, 6.07) is 8.04. The number of aliphatic hydroxyl groups excluding tert-OH is 1. The Morgan fingerprint density at radius 1 is 1.24 bits per heavy atom. The maximum absolute atomic E-state index is 8.95. The minimum Gasteiger partial charge on any atom is -0.392 e. The zero-order chi connectivity index (χ0) is 12.1. The third kappa shape index (κ3) is 3.06. The van der Waals surface area contributed by atoms with Crippen LogP contribution < -0.4 is 5.32 Å². The largest absolute Gasteiger partial charge is 0.392 e. The third-order valence-corrected chi connectivity index (χ3v) is 3.68. The smallest absolute Gasteiger partial charge is 0.0802 e. The van der Waals surface area contributed by atoms with Crippen LogP contribution in [0.15, 0.2) is 24.3 Å².